The summed E-state index contributed by atoms with van der Waals surface area (Å²) in [5, 5.41) is 7.18. The zero-order valence-corrected chi connectivity index (χ0v) is 15.0. The Hall–Kier alpha value is -3.81. The van der Waals surface area contributed by atoms with E-state index in [-0.39, 0.29) is 18.3 Å². The zero-order chi connectivity index (χ0) is 19.5. The minimum atomic E-state index is -0.324. The molecule has 0 bridgehead atoms. The Morgan fingerprint density at radius 1 is 1.14 bits per heavy atom. The molecule has 140 valence electrons. The third kappa shape index (κ3) is 3.52. The summed E-state index contributed by atoms with van der Waals surface area (Å²) in [5.74, 6) is -0.623. The largest absolute Gasteiger partial charge is 0.472 e. The van der Waals surface area contributed by atoms with Crippen molar-refractivity contribution in [1.29, 1.82) is 0 Å². The molecular formula is C20H16FN5O2. The topological polar surface area (TPSA) is 85.8 Å². The van der Waals surface area contributed by atoms with Crippen LogP contribution in [0.2, 0.25) is 0 Å². The van der Waals surface area contributed by atoms with Gasteiger partial charge in [0.1, 0.15) is 11.5 Å². The van der Waals surface area contributed by atoms with E-state index in [0.29, 0.717) is 22.8 Å². The van der Waals surface area contributed by atoms with E-state index in [4.69, 9.17) is 4.42 Å². The van der Waals surface area contributed by atoms with Crippen LogP contribution < -0.4 is 5.32 Å². The fourth-order valence-electron chi connectivity index (χ4n) is 2.83. The second-order valence-corrected chi connectivity index (χ2v) is 6.09. The van der Waals surface area contributed by atoms with E-state index in [0.717, 1.165) is 11.1 Å². The predicted molar refractivity (Wildman–Crippen MR) is 99.5 cm³/mol. The van der Waals surface area contributed by atoms with E-state index in [1.54, 1.807) is 56.2 Å². The molecule has 0 aliphatic rings. The van der Waals surface area contributed by atoms with Crippen molar-refractivity contribution in [3.63, 3.8) is 0 Å². The van der Waals surface area contributed by atoms with Crippen LogP contribution in [0.15, 0.2) is 65.7 Å². The van der Waals surface area contributed by atoms with Crippen molar-refractivity contribution in [3.05, 3.63) is 78.5 Å². The van der Waals surface area contributed by atoms with Gasteiger partial charge in [-0.2, -0.15) is 5.10 Å². The van der Waals surface area contributed by atoms with Crippen LogP contribution in [0, 0.1) is 5.82 Å². The number of carbonyl (C=O) groups is 1. The van der Waals surface area contributed by atoms with E-state index in [1.807, 2.05) is 0 Å². The molecule has 7 nitrogen and oxygen atoms in total. The highest BCUT2D eigenvalue weighted by atomic mass is 19.1. The summed E-state index contributed by atoms with van der Waals surface area (Å²) < 4.78 is 19.7. The lowest BCUT2D eigenvalue weighted by atomic mass is 10.1. The summed E-state index contributed by atoms with van der Waals surface area (Å²) in [5.41, 5.74) is 3.76. The quantitative estimate of drug-likeness (QED) is 0.577. The van der Waals surface area contributed by atoms with Gasteiger partial charge in [0.15, 0.2) is 0 Å². The number of rotatable bonds is 5. The van der Waals surface area contributed by atoms with Gasteiger partial charge in [-0.1, -0.05) is 0 Å². The molecule has 0 unspecified atom stereocenters. The zero-order valence-electron chi connectivity index (χ0n) is 15.0. The highest BCUT2D eigenvalue weighted by Gasteiger charge is 2.16. The minimum Gasteiger partial charge on any atom is -0.472 e. The Morgan fingerprint density at radius 2 is 1.93 bits per heavy atom. The molecule has 1 N–H and O–H groups in total. The number of amides is 1. The lowest BCUT2D eigenvalue weighted by Gasteiger charge is -2.07. The summed E-state index contributed by atoms with van der Waals surface area (Å²) in [4.78, 5) is 21.3. The number of nitrogens with zero attached hydrogens (tertiary/aromatic N) is 4. The Morgan fingerprint density at radius 3 is 2.68 bits per heavy atom. The number of carbonyl (C=O) groups excluding carboxylic acids is 1. The third-order valence-corrected chi connectivity index (χ3v) is 4.24. The van der Waals surface area contributed by atoms with Crippen molar-refractivity contribution in [2.24, 2.45) is 7.05 Å². The van der Waals surface area contributed by atoms with Crippen molar-refractivity contribution in [3.8, 4) is 22.5 Å². The van der Waals surface area contributed by atoms with Gasteiger partial charge in [0, 0.05) is 30.6 Å². The normalized spacial score (nSPS) is 10.8. The molecule has 0 fully saturated rings. The molecule has 8 heteroatoms. The fourth-order valence-corrected chi connectivity index (χ4v) is 2.83. The van der Waals surface area contributed by atoms with Crippen LogP contribution in [0.4, 0.5) is 4.39 Å². The van der Waals surface area contributed by atoms with Crippen molar-refractivity contribution in [2.75, 3.05) is 0 Å². The van der Waals surface area contributed by atoms with Crippen molar-refractivity contribution >= 4 is 5.91 Å². The Bertz CT molecular complexity index is 1100. The summed E-state index contributed by atoms with van der Waals surface area (Å²) >= 11 is 0. The molecule has 1 amide bonds. The Labute approximate surface area is 159 Å². The highest BCUT2D eigenvalue weighted by Crippen LogP contribution is 2.21. The van der Waals surface area contributed by atoms with Gasteiger partial charge in [0.05, 0.1) is 36.2 Å². The highest BCUT2D eigenvalue weighted by molar-refractivity contribution is 5.93. The molecule has 0 spiro atoms. The Balaban J connectivity index is 1.52. The van der Waals surface area contributed by atoms with Gasteiger partial charge in [-0.3, -0.25) is 19.4 Å². The molecule has 0 radical (unpaired) electrons. The van der Waals surface area contributed by atoms with Gasteiger partial charge in [-0.25, -0.2) is 4.39 Å². The van der Waals surface area contributed by atoms with E-state index in [2.05, 4.69) is 20.4 Å². The van der Waals surface area contributed by atoms with Crippen LogP contribution in [-0.2, 0) is 13.6 Å². The van der Waals surface area contributed by atoms with Gasteiger partial charge in [0.25, 0.3) is 5.91 Å². The molecule has 28 heavy (non-hydrogen) atoms. The van der Waals surface area contributed by atoms with Gasteiger partial charge < -0.3 is 9.73 Å². The molecule has 4 aromatic rings. The number of aryl methyl sites for hydroxylation is 1. The summed E-state index contributed by atoms with van der Waals surface area (Å²) in [6.07, 6.45) is 6.29. The Kier molecular flexibility index (Phi) is 4.67. The lowest BCUT2D eigenvalue weighted by molar-refractivity contribution is 0.0941. The second-order valence-electron chi connectivity index (χ2n) is 6.09. The second kappa shape index (κ2) is 7.43. The summed E-state index contributed by atoms with van der Waals surface area (Å²) in [6, 6.07) is 9.40. The maximum absolute atomic E-state index is 13.1. The van der Waals surface area contributed by atoms with Crippen molar-refractivity contribution in [1.82, 2.24) is 25.1 Å². The smallest absolute Gasteiger partial charge is 0.269 e. The molecular weight excluding hydrogens is 361 g/mol. The van der Waals surface area contributed by atoms with Gasteiger partial charge in [0.2, 0.25) is 0 Å². The van der Waals surface area contributed by atoms with Gasteiger partial charge >= 0.3 is 0 Å². The van der Waals surface area contributed by atoms with Crippen molar-refractivity contribution in [2.45, 2.75) is 6.54 Å². The number of hydrogen-bond donors (Lipinski definition) is 1. The number of benzene rings is 1. The molecule has 0 saturated carbocycles. The monoisotopic (exact) mass is 377 g/mol. The third-order valence-electron chi connectivity index (χ3n) is 4.24. The molecule has 0 atom stereocenters. The molecule has 0 aliphatic heterocycles. The molecule has 4 rings (SSSR count). The van der Waals surface area contributed by atoms with Crippen molar-refractivity contribution < 1.29 is 13.6 Å². The average Bonchev–Trinajstić information content (AvgIpc) is 3.37. The first-order valence-electron chi connectivity index (χ1n) is 8.52. The number of furan rings is 1. The van der Waals surface area contributed by atoms with E-state index in [1.165, 1.54) is 16.8 Å². The minimum absolute atomic E-state index is 0.199. The SMILES string of the molecule is Cn1nc(-c2ccc(F)cc2)cc1C(=O)NCc1nccnc1-c1ccoc1. The van der Waals surface area contributed by atoms with Crippen LogP contribution in [0.3, 0.4) is 0 Å². The molecule has 3 heterocycles. The first-order valence-corrected chi connectivity index (χ1v) is 8.52. The number of hydrogen-bond acceptors (Lipinski definition) is 5. The maximum atomic E-state index is 13.1. The average molecular weight is 377 g/mol. The fraction of sp³-hybridized carbons (Fsp3) is 0.100. The van der Waals surface area contributed by atoms with Crippen LogP contribution >= 0.6 is 0 Å². The van der Waals surface area contributed by atoms with E-state index < -0.39 is 0 Å². The van der Waals surface area contributed by atoms with Crippen LogP contribution in [0.1, 0.15) is 16.2 Å². The van der Waals surface area contributed by atoms with Crippen LogP contribution in [0.5, 0.6) is 0 Å². The lowest BCUT2D eigenvalue weighted by Crippen LogP contribution is -2.26. The maximum Gasteiger partial charge on any atom is 0.269 e. The van der Waals surface area contributed by atoms with Gasteiger partial charge in [-0.05, 0) is 36.4 Å². The predicted octanol–water partition coefficient (Wildman–Crippen LogP) is 3.21. The van der Waals surface area contributed by atoms with Gasteiger partial charge in [-0.15, -0.1) is 0 Å². The van der Waals surface area contributed by atoms with E-state index >= 15 is 0 Å². The van der Waals surface area contributed by atoms with Crippen LogP contribution in [0.25, 0.3) is 22.5 Å². The standard InChI is InChI=1S/C20H16FN5O2/c1-26-18(10-16(25-26)13-2-4-15(21)5-3-13)20(27)24-11-17-19(23-8-7-22-17)14-6-9-28-12-14/h2-10,12H,11H2,1H3,(H,24,27). The first-order chi connectivity index (χ1) is 13.6. The van der Waals surface area contributed by atoms with E-state index in [9.17, 15) is 9.18 Å². The number of nitrogens with one attached hydrogen (secondary N) is 1. The molecule has 0 aliphatic carbocycles. The molecule has 1 aromatic carbocycles. The summed E-state index contributed by atoms with van der Waals surface area (Å²) in [6.45, 7) is 0.199. The summed E-state index contributed by atoms with van der Waals surface area (Å²) in [7, 11) is 1.68. The number of aromatic nitrogens is 4. The first kappa shape index (κ1) is 17.6. The molecule has 3 aromatic heterocycles. The van der Waals surface area contributed by atoms with Crippen LogP contribution in [-0.4, -0.2) is 25.7 Å². The molecule has 0 saturated heterocycles. The number of halogens is 1.